The molecule has 0 aliphatic carbocycles. The number of thiocarbonyl (C=S) groups is 1. The Morgan fingerprint density at radius 1 is 1.10 bits per heavy atom. The summed E-state index contributed by atoms with van der Waals surface area (Å²) in [6.45, 7) is 0. The summed E-state index contributed by atoms with van der Waals surface area (Å²) in [4.78, 5) is 12.3. The van der Waals surface area contributed by atoms with Crippen LogP contribution in [-0.4, -0.2) is 26.5 Å². The van der Waals surface area contributed by atoms with Crippen molar-refractivity contribution in [2.45, 2.75) is 17.5 Å². The van der Waals surface area contributed by atoms with Gasteiger partial charge in [-0.05, 0) is 61.1 Å². The summed E-state index contributed by atoms with van der Waals surface area (Å²) in [7, 11) is -2.60. The van der Waals surface area contributed by atoms with Gasteiger partial charge >= 0.3 is 6.18 Å². The van der Waals surface area contributed by atoms with Gasteiger partial charge in [0.1, 0.15) is 0 Å². The average molecular weight is 446 g/mol. The van der Waals surface area contributed by atoms with Crippen LogP contribution in [0.2, 0.25) is 0 Å². The zero-order chi connectivity index (χ0) is 21.8. The number of sulfonamides is 1. The molecular weight excluding hydrogens is 429 g/mol. The molecule has 5 N–H and O–H groups in total. The average Bonchev–Trinajstić information content (AvgIpc) is 2.66. The molecule has 29 heavy (non-hydrogen) atoms. The van der Waals surface area contributed by atoms with Crippen LogP contribution in [0.25, 0.3) is 0 Å². The molecule has 0 aliphatic heterocycles. The minimum absolute atomic E-state index is 0.00928. The van der Waals surface area contributed by atoms with Gasteiger partial charge in [-0.15, -0.1) is 0 Å². The standard InChI is InChI=1S/C17H17F3N4O3S2/c1-22-29(26,27)13-7-4-11(14(9-13)15(25)23-24-16(21)28)8-10-2-5-12(6-3-10)17(18,19)20/h2-7,9,22H,8H2,1H3,(H,23,25)(H3,21,24,28). The fourth-order valence-corrected chi connectivity index (χ4v) is 3.23. The molecule has 0 saturated heterocycles. The van der Waals surface area contributed by atoms with Gasteiger partial charge in [-0.1, -0.05) is 18.2 Å². The van der Waals surface area contributed by atoms with Gasteiger partial charge in [-0.25, -0.2) is 13.1 Å². The van der Waals surface area contributed by atoms with E-state index in [1.807, 2.05) is 0 Å². The molecule has 0 radical (unpaired) electrons. The first-order chi connectivity index (χ1) is 13.4. The molecule has 2 aromatic carbocycles. The highest BCUT2D eigenvalue weighted by Gasteiger charge is 2.30. The Bertz CT molecular complexity index is 1020. The van der Waals surface area contributed by atoms with Crippen molar-refractivity contribution in [1.82, 2.24) is 15.6 Å². The number of rotatable bonds is 5. The molecule has 0 atom stereocenters. The fraction of sp³-hybridized carbons (Fsp3) is 0.176. The molecule has 0 saturated carbocycles. The lowest BCUT2D eigenvalue weighted by atomic mass is 9.98. The van der Waals surface area contributed by atoms with Crippen LogP contribution in [0.5, 0.6) is 0 Å². The van der Waals surface area contributed by atoms with Gasteiger partial charge in [0.25, 0.3) is 5.91 Å². The molecule has 2 rings (SSSR count). The molecule has 0 aromatic heterocycles. The molecule has 1 amide bonds. The van der Waals surface area contributed by atoms with E-state index in [-0.39, 0.29) is 22.0 Å². The summed E-state index contributed by atoms with van der Waals surface area (Å²) < 4.78 is 64.4. The molecule has 7 nitrogen and oxygen atoms in total. The van der Waals surface area contributed by atoms with Crippen LogP contribution in [0, 0.1) is 0 Å². The lowest BCUT2D eigenvalue weighted by molar-refractivity contribution is -0.137. The number of carbonyl (C=O) groups excluding carboxylic acids is 1. The van der Waals surface area contributed by atoms with Crippen molar-refractivity contribution in [2.24, 2.45) is 5.73 Å². The van der Waals surface area contributed by atoms with E-state index in [1.54, 1.807) is 0 Å². The molecule has 0 unspecified atom stereocenters. The number of hydrogen-bond acceptors (Lipinski definition) is 4. The van der Waals surface area contributed by atoms with Crippen LogP contribution in [0.3, 0.4) is 0 Å². The van der Waals surface area contributed by atoms with Crippen LogP contribution in [0.15, 0.2) is 47.4 Å². The summed E-state index contributed by atoms with van der Waals surface area (Å²) in [6.07, 6.45) is -4.37. The van der Waals surface area contributed by atoms with Gasteiger partial charge in [0.2, 0.25) is 10.0 Å². The molecule has 12 heteroatoms. The summed E-state index contributed by atoms with van der Waals surface area (Å²) in [5.41, 5.74) is 9.82. The maximum Gasteiger partial charge on any atom is 0.416 e. The van der Waals surface area contributed by atoms with Crippen molar-refractivity contribution >= 4 is 33.3 Å². The van der Waals surface area contributed by atoms with Gasteiger partial charge in [-0.3, -0.25) is 15.6 Å². The van der Waals surface area contributed by atoms with E-state index in [4.69, 9.17) is 5.73 Å². The first kappa shape index (κ1) is 22.6. The molecule has 0 bridgehead atoms. The smallest absolute Gasteiger partial charge is 0.375 e. The minimum Gasteiger partial charge on any atom is -0.375 e. The minimum atomic E-state index is -4.46. The lowest BCUT2D eigenvalue weighted by Crippen LogP contribution is -2.44. The van der Waals surface area contributed by atoms with Gasteiger partial charge in [0, 0.05) is 5.56 Å². The second-order valence-electron chi connectivity index (χ2n) is 5.84. The van der Waals surface area contributed by atoms with Crippen molar-refractivity contribution in [3.05, 3.63) is 64.7 Å². The molecule has 0 spiro atoms. The van der Waals surface area contributed by atoms with E-state index < -0.39 is 27.7 Å². The van der Waals surface area contributed by atoms with Gasteiger partial charge in [-0.2, -0.15) is 13.2 Å². The van der Waals surface area contributed by atoms with Crippen LogP contribution in [-0.2, 0) is 22.6 Å². The van der Waals surface area contributed by atoms with E-state index in [9.17, 15) is 26.4 Å². The molecule has 0 heterocycles. The summed E-state index contributed by atoms with van der Waals surface area (Å²) in [5.74, 6) is -0.715. The number of benzene rings is 2. The molecule has 2 aromatic rings. The molecule has 0 aliphatic rings. The zero-order valence-corrected chi connectivity index (χ0v) is 16.6. The highest BCUT2D eigenvalue weighted by molar-refractivity contribution is 7.89. The Balaban J connectivity index is 2.41. The number of nitrogens with one attached hydrogen (secondary N) is 3. The third-order valence-electron chi connectivity index (χ3n) is 3.88. The number of amides is 1. The third-order valence-corrected chi connectivity index (χ3v) is 5.39. The van der Waals surface area contributed by atoms with Gasteiger partial charge in [0.05, 0.1) is 10.5 Å². The predicted molar refractivity (Wildman–Crippen MR) is 104 cm³/mol. The second-order valence-corrected chi connectivity index (χ2v) is 8.17. The highest BCUT2D eigenvalue weighted by atomic mass is 32.2. The van der Waals surface area contributed by atoms with E-state index in [0.29, 0.717) is 11.1 Å². The van der Waals surface area contributed by atoms with Crippen LogP contribution in [0.1, 0.15) is 27.0 Å². The Morgan fingerprint density at radius 2 is 1.72 bits per heavy atom. The van der Waals surface area contributed by atoms with E-state index >= 15 is 0 Å². The van der Waals surface area contributed by atoms with Crippen LogP contribution >= 0.6 is 12.2 Å². The largest absolute Gasteiger partial charge is 0.416 e. The van der Waals surface area contributed by atoms with Crippen molar-refractivity contribution in [3.63, 3.8) is 0 Å². The maximum atomic E-state index is 12.7. The zero-order valence-electron chi connectivity index (χ0n) is 15.0. The first-order valence-corrected chi connectivity index (χ1v) is 9.91. The molecule has 0 fully saturated rings. The summed E-state index contributed by atoms with van der Waals surface area (Å²) >= 11 is 4.60. The molecule has 156 valence electrons. The van der Waals surface area contributed by atoms with Crippen LogP contribution in [0.4, 0.5) is 13.2 Å². The Labute approximate surface area is 170 Å². The van der Waals surface area contributed by atoms with Crippen molar-refractivity contribution in [2.75, 3.05) is 7.05 Å². The van der Waals surface area contributed by atoms with Crippen molar-refractivity contribution in [3.8, 4) is 0 Å². The topological polar surface area (TPSA) is 113 Å². The van der Waals surface area contributed by atoms with Crippen molar-refractivity contribution in [1.29, 1.82) is 0 Å². The quantitative estimate of drug-likeness (QED) is 0.411. The van der Waals surface area contributed by atoms with Crippen molar-refractivity contribution < 1.29 is 26.4 Å². The SMILES string of the molecule is CNS(=O)(=O)c1ccc(Cc2ccc(C(F)(F)F)cc2)c(C(=O)NNC(N)=S)c1. The van der Waals surface area contributed by atoms with E-state index in [1.165, 1.54) is 31.3 Å². The monoisotopic (exact) mass is 446 g/mol. The lowest BCUT2D eigenvalue weighted by Gasteiger charge is -2.14. The Kier molecular flexibility index (Phi) is 6.82. The fourth-order valence-electron chi connectivity index (χ4n) is 2.42. The van der Waals surface area contributed by atoms with Gasteiger partial charge < -0.3 is 5.73 Å². The number of halogens is 3. The number of carbonyl (C=O) groups is 1. The Morgan fingerprint density at radius 3 is 2.24 bits per heavy atom. The van der Waals surface area contributed by atoms with Crippen LogP contribution < -0.4 is 21.3 Å². The second kappa shape index (κ2) is 8.76. The maximum absolute atomic E-state index is 12.7. The number of alkyl halides is 3. The summed E-state index contributed by atoms with van der Waals surface area (Å²) in [6, 6.07) is 8.31. The number of hydrogen-bond donors (Lipinski definition) is 4. The highest BCUT2D eigenvalue weighted by Crippen LogP contribution is 2.29. The Hall–Kier alpha value is -2.70. The van der Waals surface area contributed by atoms with E-state index in [2.05, 4.69) is 27.8 Å². The van der Waals surface area contributed by atoms with Gasteiger partial charge in [0.15, 0.2) is 5.11 Å². The number of hydrazine groups is 1. The summed E-state index contributed by atoms with van der Waals surface area (Å²) in [5, 5.41) is -0.207. The normalized spacial score (nSPS) is 11.7. The number of nitrogens with two attached hydrogens (primary N) is 1. The first-order valence-electron chi connectivity index (χ1n) is 8.02. The molecular formula is C17H17F3N4O3S2. The third kappa shape index (κ3) is 5.89. The predicted octanol–water partition coefficient (Wildman–Crippen LogP) is 1.68. The van der Waals surface area contributed by atoms with E-state index in [0.717, 1.165) is 18.2 Å².